The number of amides is 1. The fourth-order valence-electron chi connectivity index (χ4n) is 2.55. The van der Waals surface area contributed by atoms with Crippen LogP contribution in [0.4, 0.5) is 11.4 Å². The van der Waals surface area contributed by atoms with E-state index in [1.165, 1.54) is 44.4 Å². The van der Waals surface area contributed by atoms with E-state index < -0.39 is 27.9 Å². The average molecular weight is 445 g/mol. The number of rotatable bonds is 6. The Hall–Kier alpha value is -2.29. The maximum absolute atomic E-state index is 12.8. The number of benzene rings is 2. The van der Waals surface area contributed by atoms with Crippen LogP contribution in [0.15, 0.2) is 42.5 Å². The summed E-state index contributed by atoms with van der Waals surface area (Å²) in [6.07, 6.45) is 0.974. The second-order valence-corrected chi connectivity index (χ2v) is 8.53. The molecule has 1 amide bonds. The van der Waals surface area contributed by atoms with Crippen LogP contribution in [0, 0.1) is 0 Å². The normalized spacial score (nSPS) is 12.2. The van der Waals surface area contributed by atoms with Gasteiger partial charge < -0.3 is 10.1 Å². The molecule has 0 spiro atoms. The van der Waals surface area contributed by atoms with Crippen molar-refractivity contribution in [2.75, 3.05) is 23.0 Å². The second-order valence-electron chi connectivity index (χ2n) is 5.86. The van der Waals surface area contributed by atoms with Crippen molar-refractivity contribution in [3.63, 3.8) is 0 Å². The number of para-hydroxylation sites is 1. The predicted molar refractivity (Wildman–Crippen MR) is 110 cm³/mol. The molecule has 0 saturated carbocycles. The number of anilines is 2. The van der Waals surface area contributed by atoms with E-state index in [-0.39, 0.29) is 27.0 Å². The molecular formula is C18H18Cl2N2O5S. The van der Waals surface area contributed by atoms with Crippen LogP contribution >= 0.6 is 23.2 Å². The molecule has 1 N–H and O–H groups in total. The van der Waals surface area contributed by atoms with Gasteiger partial charge >= 0.3 is 5.97 Å². The van der Waals surface area contributed by atoms with Gasteiger partial charge in [-0.3, -0.25) is 9.10 Å². The van der Waals surface area contributed by atoms with Crippen molar-refractivity contribution in [2.24, 2.45) is 0 Å². The van der Waals surface area contributed by atoms with Gasteiger partial charge in [0.1, 0.15) is 6.04 Å². The molecule has 2 aromatic carbocycles. The molecule has 0 aliphatic heterocycles. The van der Waals surface area contributed by atoms with Gasteiger partial charge in [0.15, 0.2) is 0 Å². The minimum absolute atomic E-state index is 0.144. The molecule has 0 heterocycles. The summed E-state index contributed by atoms with van der Waals surface area (Å²) in [4.78, 5) is 24.6. The van der Waals surface area contributed by atoms with E-state index in [2.05, 4.69) is 5.32 Å². The molecule has 1 unspecified atom stereocenters. The first-order valence-electron chi connectivity index (χ1n) is 7.99. The van der Waals surface area contributed by atoms with Crippen molar-refractivity contribution in [3.05, 3.63) is 58.1 Å². The molecule has 0 saturated heterocycles. The number of ether oxygens (including phenoxy) is 1. The number of halogens is 2. The van der Waals surface area contributed by atoms with Gasteiger partial charge in [-0.2, -0.15) is 0 Å². The quantitative estimate of drug-likeness (QED) is 0.687. The highest BCUT2D eigenvalue weighted by Gasteiger charge is 2.30. The average Bonchev–Trinajstić information content (AvgIpc) is 2.63. The molecule has 0 aliphatic carbocycles. The van der Waals surface area contributed by atoms with E-state index in [1.807, 2.05) is 0 Å². The van der Waals surface area contributed by atoms with Crippen LogP contribution in [-0.4, -0.2) is 39.7 Å². The standard InChI is InChI=1S/C18H18Cl2N2O5S/c1-11(17(23)21-16-7-5-4-6-13(16)18(24)27-2)22(28(3,25)26)12-8-9-14(19)15(20)10-12/h4-11H,1-3H3,(H,21,23). The number of sulfonamides is 1. The zero-order chi connectivity index (χ0) is 21.1. The molecule has 7 nitrogen and oxygen atoms in total. The Morgan fingerprint density at radius 2 is 1.75 bits per heavy atom. The zero-order valence-electron chi connectivity index (χ0n) is 15.3. The topological polar surface area (TPSA) is 92.8 Å². The van der Waals surface area contributed by atoms with Gasteiger partial charge in [-0.25, -0.2) is 13.2 Å². The Labute approximate surface area is 173 Å². The second kappa shape index (κ2) is 8.81. The third kappa shape index (κ3) is 4.95. The molecule has 0 aromatic heterocycles. The van der Waals surface area contributed by atoms with E-state index >= 15 is 0 Å². The Morgan fingerprint density at radius 1 is 1.11 bits per heavy atom. The zero-order valence-corrected chi connectivity index (χ0v) is 17.6. The molecule has 2 rings (SSSR count). The summed E-state index contributed by atoms with van der Waals surface area (Å²) in [5.41, 5.74) is 0.528. The number of carbonyl (C=O) groups excluding carboxylic acids is 2. The highest BCUT2D eigenvalue weighted by atomic mass is 35.5. The maximum atomic E-state index is 12.8. The van der Waals surface area contributed by atoms with E-state index in [0.717, 1.165) is 10.6 Å². The highest BCUT2D eigenvalue weighted by molar-refractivity contribution is 7.92. The lowest BCUT2D eigenvalue weighted by Gasteiger charge is -2.28. The summed E-state index contributed by atoms with van der Waals surface area (Å²) >= 11 is 11.9. The van der Waals surface area contributed by atoms with Gasteiger partial charge in [0.25, 0.3) is 0 Å². The van der Waals surface area contributed by atoms with Crippen molar-refractivity contribution < 1.29 is 22.7 Å². The molecule has 0 aliphatic rings. The van der Waals surface area contributed by atoms with Gasteiger partial charge in [0, 0.05) is 0 Å². The number of nitrogens with one attached hydrogen (secondary N) is 1. The predicted octanol–water partition coefficient (Wildman–Crippen LogP) is 3.57. The first-order valence-corrected chi connectivity index (χ1v) is 10.6. The maximum Gasteiger partial charge on any atom is 0.339 e. The fraction of sp³-hybridized carbons (Fsp3) is 0.222. The number of methoxy groups -OCH3 is 1. The smallest absolute Gasteiger partial charge is 0.339 e. The molecule has 0 radical (unpaired) electrons. The lowest BCUT2D eigenvalue weighted by Crippen LogP contribution is -2.45. The third-order valence-electron chi connectivity index (χ3n) is 3.84. The monoisotopic (exact) mass is 444 g/mol. The van der Waals surface area contributed by atoms with Gasteiger partial charge in [0.2, 0.25) is 15.9 Å². The number of carbonyl (C=O) groups is 2. The number of hydrogen-bond acceptors (Lipinski definition) is 5. The molecule has 28 heavy (non-hydrogen) atoms. The van der Waals surface area contributed by atoms with Gasteiger partial charge in [-0.05, 0) is 37.3 Å². The molecule has 1 atom stereocenters. The van der Waals surface area contributed by atoms with E-state index in [4.69, 9.17) is 27.9 Å². The van der Waals surface area contributed by atoms with Crippen LogP contribution < -0.4 is 9.62 Å². The third-order valence-corrected chi connectivity index (χ3v) is 5.82. The number of esters is 1. The summed E-state index contributed by atoms with van der Waals surface area (Å²) in [7, 11) is -2.61. The van der Waals surface area contributed by atoms with Crippen molar-refractivity contribution in [3.8, 4) is 0 Å². The summed E-state index contributed by atoms with van der Waals surface area (Å²) in [6.45, 7) is 1.42. The Kier molecular flexibility index (Phi) is 6.92. The Bertz CT molecular complexity index is 1010. The minimum atomic E-state index is -3.84. The summed E-state index contributed by atoms with van der Waals surface area (Å²) < 4.78 is 30.3. The van der Waals surface area contributed by atoms with Crippen molar-refractivity contribution >= 4 is 56.5 Å². The summed E-state index contributed by atoms with van der Waals surface area (Å²) in [5.74, 6) is -1.28. The molecule has 0 fully saturated rings. The first-order chi connectivity index (χ1) is 13.1. The molecule has 2 aromatic rings. The van der Waals surface area contributed by atoms with Crippen LogP contribution in [0.3, 0.4) is 0 Å². The fourth-order valence-corrected chi connectivity index (χ4v) is 4.01. The minimum Gasteiger partial charge on any atom is -0.465 e. The lowest BCUT2D eigenvalue weighted by molar-refractivity contribution is -0.116. The van der Waals surface area contributed by atoms with Gasteiger partial charge in [-0.15, -0.1) is 0 Å². The first kappa shape index (κ1) is 22.0. The SMILES string of the molecule is COC(=O)c1ccccc1NC(=O)C(C)N(c1ccc(Cl)c(Cl)c1)S(C)(=O)=O. The number of nitrogens with zero attached hydrogens (tertiary/aromatic N) is 1. The Morgan fingerprint density at radius 3 is 2.32 bits per heavy atom. The van der Waals surface area contributed by atoms with Crippen LogP contribution in [-0.2, 0) is 19.6 Å². The van der Waals surface area contributed by atoms with Crippen molar-refractivity contribution in [2.45, 2.75) is 13.0 Å². The largest absolute Gasteiger partial charge is 0.465 e. The van der Waals surface area contributed by atoms with E-state index in [0.29, 0.717) is 0 Å². The van der Waals surface area contributed by atoms with E-state index in [1.54, 1.807) is 12.1 Å². The van der Waals surface area contributed by atoms with Crippen molar-refractivity contribution in [1.29, 1.82) is 0 Å². The molecular weight excluding hydrogens is 427 g/mol. The number of hydrogen-bond donors (Lipinski definition) is 1. The molecule has 10 heteroatoms. The Balaban J connectivity index is 2.38. The lowest BCUT2D eigenvalue weighted by atomic mass is 10.1. The molecule has 150 valence electrons. The molecule has 0 bridgehead atoms. The van der Waals surface area contributed by atoms with Crippen LogP contribution in [0.1, 0.15) is 17.3 Å². The van der Waals surface area contributed by atoms with E-state index in [9.17, 15) is 18.0 Å². The summed E-state index contributed by atoms with van der Waals surface area (Å²) in [5, 5.41) is 2.97. The van der Waals surface area contributed by atoms with Crippen LogP contribution in [0.5, 0.6) is 0 Å². The highest BCUT2D eigenvalue weighted by Crippen LogP contribution is 2.30. The van der Waals surface area contributed by atoms with Gasteiger partial charge in [-0.1, -0.05) is 35.3 Å². The van der Waals surface area contributed by atoms with Gasteiger partial charge in [0.05, 0.1) is 40.3 Å². The van der Waals surface area contributed by atoms with Crippen LogP contribution in [0.2, 0.25) is 10.0 Å². The van der Waals surface area contributed by atoms with Crippen molar-refractivity contribution in [1.82, 2.24) is 0 Å². The van der Waals surface area contributed by atoms with Crippen LogP contribution in [0.25, 0.3) is 0 Å². The summed E-state index contributed by atoms with van der Waals surface area (Å²) in [6, 6.07) is 9.34.